The maximum Gasteiger partial charge on any atom is 0.347 e. The van der Waals surface area contributed by atoms with E-state index in [4.69, 9.17) is 5.11 Å². The van der Waals surface area contributed by atoms with Crippen molar-refractivity contribution in [3.05, 3.63) is 40.4 Å². The number of pyridine rings is 1. The third kappa shape index (κ3) is 3.05. The average Bonchev–Trinajstić information content (AvgIpc) is 2.68. The summed E-state index contributed by atoms with van der Waals surface area (Å²) in [5.74, 6) is -0.838. The van der Waals surface area contributed by atoms with Gasteiger partial charge in [-0.15, -0.1) is 11.3 Å². The first-order chi connectivity index (χ1) is 8.56. The van der Waals surface area contributed by atoms with Crippen LogP contribution < -0.4 is 0 Å². The van der Waals surface area contributed by atoms with Crippen LogP contribution >= 0.6 is 23.1 Å². The molecule has 0 saturated heterocycles. The highest BCUT2D eigenvalue weighted by Gasteiger charge is 2.14. The van der Waals surface area contributed by atoms with E-state index in [0.717, 1.165) is 23.1 Å². The van der Waals surface area contributed by atoms with Crippen molar-refractivity contribution in [1.82, 2.24) is 9.97 Å². The first kappa shape index (κ1) is 13.0. The smallest absolute Gasteiger partial charge is 0.347 e. The van der Waals surface area contributed by atoms with Crippen LogP contribution in [0.15, 0.2) is 22.8 Å². The van der Waals surface area contributed by atoms with Gasteiger partial charge in [-0.2, -0.15) is 0 Å². The van der Waals surface area contributed by atoms with Crippen molar-refractivity contribution in [3.8, 4) is 0 Å². The first-order valence-electron chi connectivity index (χ1n) is 4.99. The summed E-state index contributed by atoms with van der Waals surface area (Å²) in [5, 5.41) is 8.90. The number of thiazole rings is 1. The number of halogens is 1. The molecule has 2 rings (SSSR count). The van der Waals surface area contributed by atoms with Gasteiger partial charge >= 0.3 is 5.97 Å². The quantitative estimate of drug-likeness (QED) is 0.874. The molecular weight excluding hydrogens is 275 g/mol. The summed E-state index contributed by atoms with van der Waals surface area (Å²) in [6.45, 7) is 1.66. The van der Waals surface area contributed by atoms with Gasteiger partial charge in [-0.3, -0.25) is 4.98 Å². The number of aromatic nitrogens is 2. The first-order valence-corrected chi connectivity index (χ1v) is 6.79. The molecule has 7 heteroatoms. The summed E-state index contributed by atoms with van der Waals surface area (Å²) in [6, 6.07) is 1.40. The summed E-state index contributed by atoms with van der Waals surface area (Å²) in [4.78, 5) is 19.0. The lowest BCUT2D eigenvalue weighted by Gasteiger charge is -1.97. The van der Waals surface area contributed by atoms with Gasteiger partial charge in [0.05, 0.1) is 11.9 Å². The van der Waals surface area contributed by atoms with Crippen molar-refractivity contribution in [2.45, 2.75) is 17.0 Å². The average molecular weight is 284 g/mol. The fourth-order valence-corrected chi connectivity index (χ4v) is 3.26. The molecule has 0 amide bonds. The maximum atomic E-state index is 12.9. The van der Waals surface area contributed by atoms with Gasteiger partial charge in [-0.1, -0.05) is 11.8 Å². The van der Waals surface area contributed by atoms with Crippen LogP contribution in [0.5, 0.6) is 0 Å². The van der Waals surface area contributed by atoms with Crippen LogP contribution in [-0.2, 0) is 5.75 Å². The molecular formula is C11H9FN2O2S2. The molecule has 0 aliphatic carbocycles. The van der Waals surface area contributed by atoms with Crippen molar-refractivity contribution in [1.29, 1.82) is 0 Å². The van der Waals surface area contributed by atoms with E-state index in [1.54, 1.807) is 13.1 Å². The Morgan fingerprint density at radius 3 is 2.94 bits per heavy atom. The largest absolute Gasteiger partial charge is 0.477 e. The topological polar surface area (TPSA) is 63.1 Å². The summed E-state index contributed by atoms with van der Waals surface area (Å²) in [6.07, 6.45) is 2.72. The fraction of sp³-hybridized carbons (Fsp3) is 0.182. The van der Waals surface area contributed by atoms with Gasteiger partial charge in [0, 0.05) is 11.9 Å². The summed E-state index contributed by atoms with van der Waals surface area (Å²) in [5.41, 5.74) is 1.25. The Morgan fingerprint density at radius 2 is 2.33 bits per heavy atom. The maximum absolute atomic E-state index is 12.9. The Kier molecular flexibility index (Phi) is 3.93. The van der Waals surface area contributed by atoms with E-state index in [9.17, 15) is 9.18 Å². The summed E-state index contributed by atoms with van der Waals surface area (Å²) in [7, 11) is 0. The molecule has 0 spiro atoms. The third-order valence-electron chi connectivity index (χ3n) is 2.10. The van der Waals surface area contributed by atoms with Gasteiger partial charge in [-0.25, -0.2) is 14.2 Å². The molecule has 0 unspecified atom stereocenters. The van der Waals surface area contributed by atoms with Gasteiger partial charge in [0.25, 0.3) is 0 Å². The monoisotopic (exact) mass is 284 g/mol. The summed E-state index contributed by atoms with van der Waals surface area (Å²) < 4.78 is 13.6. The molecule has 1 N–H and O–H groups in total. The van der Waals surface area contributed by atoms with Crippen molar-refractivity contribution < 1.29 is 14.3 Å². The number of nitrogens with zero attached hydrogens (tertiary/aromatic N) is 2. The zero-order chi connectivity index (χ0) is 13.1. The number of thioether (sulfide) groups is 1. The van der Waals surface area contributed by atoms with Gasteiger partial charge < -0.3 is 5.11 Å². The highest BCUT2D eigenvalue weighted by molar-refractivity contribution is 8.00. The Labute approximate surface area is 111 Å². The number of rotatable bonds is 4. The molecule has 0 saturated carbocycles. The number of hydrogen-bond acceptors (Lipinski definition) is 5. The van der Waals surface area contributed by atoms with Crippen molar-refractivity contribution in [2.24, 2.45) is 0 Å². The van der Waals surface area contributed by atoms with E-state index in [1.807, 2.05) is 0 Å². The number of carboxylic acids is 1. The van der Waals surface area contributed by atoms with Gasteiger partial charge in [0.2, 0.25) is 0 Å². The Bertz CT molecular complexity index is 586. The Balaban J connectivity index is 2.06. The zero-order valence-corrected chi connectivity index (χ0v) is 11.0. The number of carboxylic acid groups (broad SMARTS) is 1. The van der Waals surface area contributed by atoms with Gasteiger partial charge in [0.1, 0.15) is 10.7 Å². The molecule has 2 heterocycles. The molecule has 0 aromatic carbocycles. The Morgan fingerprint density at radius 1 is 1.56 bits per heavy atom. The number of aryl methyl sites for hydroxylation is 1. The van der Waals surface area contributed by atoms with E-state index in [2.05, 4.69) is 9.97 Å². The molecule has 4 nitrogen and oxygen atoms in total. The molecule has 0 bridgehead atoms. The van der Waals surface area contributed by atoms with Gasteiger partial charge in [-0.05, 0) is 18.6 Å². The van der Waals surface area contributed by atoms with Crippen LogP contribution in [0.2, 0.25) is 0 Å². The molecule has 2 aromatic rings. The second-order valence-electron chi connectivity index (χ2n) is 3.50. The minimum atomic E-state index is -0.968. The highest BCUT2D eigenvalue weighted by Crippen LogP contribution is 2.29. The molecule has 18 heavy (non-hydrogen) atoms. The van der Waals surface area contributed by atoms with E-state index in [0.29, 0.717) is 15.8 Å². The normalized spacial score (nSPS) is 10.6. The second-order valence-corrected chi connectivity index (χ2v) is 5.72. The minimum absolute atomic E-state index is 0.245. The molecule has 0 aliphatic heterocycles. The Hall–Kier alpha value is -1.47. The molecule has 0 fully saturated rings. The third-order valence-corrected chi connectivity index (χ3v) is 4.45. The van der Waals surface area contributed by atoms with Crippen LogP contribution in [0.3, 0.4) is 0 Å². The fourth-order valence-electron chi connectivity index (χ4n) is 1.31. The number of carbonyl (C=O) groups is 1. The molecule has 2 aromatic heterocycles. The highest BCUT2D eigenvalue weighted by atomic mass is 32.2. The van der Waals surface area contributed by atoms with Crippen molar-refractivity contribution in [2.75, 3.05) is 0 Å². The molecule has 0 radical (unpaired) electrons. The van der Waals surface area contributed by atoms with Crippen molar-refractivity contribution >= 4 is 29.1 Å². The molecule has 0 aliphatic rings. The second kappa shape index (κ2) is 5.45. The van der Waals surface area contributed by atoms with Crippen LogP contribution in [0.25, 0.3) is 0 Å². The van der Waals surface area contributed by atoms with E-state index < -0.39 is 5.97 Å². The van der Waals surface area contributed by atoms with Crippen LogP contribution in [0, 0.1) is 12.7 Å². The van der Waals surface area contributed by atoms with Crippen LogP contribution in [0.4, 0.5) is 4.39 Å². The standard InChI is InChI=1S/C11H9FN2O2S2/c1-6-9(10(15)16)18-11(14-6)17-5-7-2-8(12)4-13-3-7/h2-4H,5H2,1H3,(H,15,16). The van der Waals surface area contributed by atoms with Gasteiger partial charge in [0.15, 0.2) is 4.34 Å². The molecule has 0 atom stereocenters. The van der Waals surface area contributed by atoms with Crippen LogP contribution in [-0.4, -0.2) is 21.0 Å². The van der Waals surface area contributed by atoms with Crippen LogP contribution in [0.1, 0.15) is 20.9 Å². The van der Waals surface area contributed by atoms with E-state index in [-0.39, 0.29) is 10.7 Å². The minimum Gasteiger partial charge on any atom is -0.477 e. The summed E-state index contributed by atoms with van der Waals surface area (Å²) >= 11 is 2.50. The number of aromatic carboxylic acids is 1. The lowest BCUT2D eigenvalue weighted by Crippen LogP contribution is -1.94. The van der Waals surface area contributed by atoms with Crippen molar-refractivity contribution in [3.63, 3.8) is 0 Å². The lowest BCUT2D eigenvalue weighted by atomic mass is 10.3. The van der Waals surface area contributed by atoms with E-state index >= 15 is 0 Å². The SMILES string of the molecule is Cc1nc(SCc2cncc(F)c2)sc1C(=O)O. The lowest BCUT2D eigenvalue weighted by molar-refractivity contribution is 0.0701. The zero-order valence-electron chi connectivity index (χ0n) is 9.38. The predicted molar refractivity (Wildman–Crippen MR) is 67.6 cm³/mol. The molecule has 94 valence electrons. The van der Waals surface area contributed by atoms with E-state index in [1.165, 1.54) is 17.8 Å². The number of hydrogen-bond donors (Lipinski definition) is 1. The predicted octanol–water partition coefficient (Wildman–Crippen LogP) is 2.98.